The lowest BCUT2D eigenvalue weighted by Crippen LogP contribution is -2.43. The van der Waals surface area contributed by atoms with Crippen molar-refractivity contribution in [2.75, 3.05) is 0 Å². The Morgan fingerprint density at radius 2 is 1.75 bits per heavy atom. The molecule has 0 saturated carbocycles. The lowest BCUT2D eigenvalue weighted by atomic mass is 9.87. The van der Waals surface area contributed by atoms with E-state index in [0.717, 1.165) is 11.1 Å². The minimum atomic E-state index is -1.01. The van der Waals surface area contributed by atoms with Crippen molar-refractivity contribution in [3.63, 3.8) is 0 Å². The molecule has 0 aliphatic carbocycles. The van der Waals surface area contributed by atoms with Gasteiger partial charge in [0.25, 0.3) is 5.91 Å². The topological polar surface area (TPSA) is 73.2 Å². The Kier molecular flexibility index (Phi) is 4.05. The summed E-state index contributed by atoms with van der Waals surface area (Å²) < 4.78 is 0. The van der Waals surface area contributed by atoms with Gasteiger partial charge in [0.2, 0.25) is 0 Å². The zero-order chi connectivity index (χ0) is 17.2. The van der Waals surface area contributed by atoms with E-state index < -0.39 is 11.6 Å². The van der Waals surface area contributed by atoms with Crippen molar-refractivity contribution < 1.29 is 9.59 Å². The Balaban J connectivity index is 1.89. The van der Waals surface area contributed by atoms with Crippen LogP contribution in [0.1, 0.15) is 30.0 Å². The Morgan fingerprint density at radius 1 is 1.08 bits per heavy atom. The van der Waals surface area contributed by atoms with Crippen LogP contribution in [0.2, 0.25) is 0 Å². The standard InChI is InChI=1S/C19H17N3O2/c1-2-19(16-6-4-3-5-7-16)17(23)22(18(24)21-19)13-15-10-8-14(12-20)9-11-15/h3-11H,2,13H2,1H3,(H,21,24)/t19-/m1/s1. The number of nitrogens with one attached hydrogen (secondary N) is 1. The van der Waals surface area contributed by atoms with Crippen LogP contribution >= 0.6 is 0 Å². The molecule has 120 valence electrons. The van der Waals surface area contributed by atoms with Crippen molar-refractivity contribution >= 4 is 11.9 Å². The molecule has 3 amide bonds. The average Bonchev–Trinajstić information content (AvgIpc) is 2.88. The molecule has 5 heteroatoms. The summed E-state index contributed by atoms with van der Waals surface area (Å²) in [6, 6.07) is 17.8. The van der Waals surface area contributed by atoms with Gasteiger partial charge in [0.05, 0.1) is 18.2 Å². The number of carbonyl (C=O) groups is 2. The molecule has 0 radical (unpaired) electrons. The molecule has 0 unspecified atom stereocenters. The lowest BCUT2D eigenvalue weighted by Gasteiger charge is -2.25. The number of carbonyl (C=O) groups excluding carboxylic acids is 2. The number of amides is 3. The lowest BCUT2D eigenvalue weighted by molar-refractivity contribution is -0.132. The smallest absolute Gasteiger partial charge is 0.319 e. The Hall–Kier alpha value is -3.13. The normalized spacial score (nSPS) is 19.9. The van der Waals surface area contributed by atoms with E-state index in [1.807, 2.05) is 43.3 Å². The van der Waals surface area contributed by atoms with Crippen LogP contribution in [0.25, 0.3) is 0 Å². The first-order valence-electron chi connectivity index (χ1n) is 7.79. The molecule has 1 N–H and O–H groups in total. The summed E-state index contributed by atoms with van der Waals surface area (Å²) in [4.78, 5) is 26.6. The van der Waals surface area contributed by atoms with Crippen molar-refractivity contribution in [2.45, 2.75) is 25.4 Å². The predicted molar refractivity (Wildman–Crippen MR) is 88.6 cm³/mol. The molecule has 24 heavy (non-hydrogen) atoms. The van der Waals surface area contributed by atoms with Crippen LogP contribution in [0.3, 0.4) is 0 Å². The molecule has 0 aromatic heterocycles. The highest BCUT2D eigenvalue weighted by atomic mass is 16.2. The summed E-state index contributed by atoms with van der Waals surface area (Å²) in [6.07, 6.45) is 0.478. The van der Waals surface area contributed by atoms with Crippen molar-refractivity contribution in [1.82, 2.24) is 10.2 Å². The van der Waals surface area contributed by atoms with Gasteiger partial charge in [-0.3, -0.25) is 9.69 Å². The van der Waals surface area contributed by atoms with Gasteiger partial charge in [-0.2, -0.15) is 5.26 Å². The molecule has 3 rings (SSSR count). The maximum Gasteiger partial charge on any atom is 0.325 e. The van der Waals surface area contributed by atoms with Gasteiger partial charge < -0.3 is 5.32 Å². The van der Waals surface area contributed by atoms with Gasteiger partial charge in [0, 0.05) is 0 Å². The van der Waals surface area contributed by atoms with E-state index in [0.29, 0.717) is 12.0 Å². The molecular weight excluding hydrogens is 302 g/mol. The molecule has 0 spiro atoms. The quantitative estimate of drug-likeness (QED) is 0.881. The van der Waals surface area contributed by atoms with E-state index in [9.17, 15) is 9.59 Å². The zero-order valence-electron chi connectivity index (χ0n) is 13.3. The molecule has 1 saturated heterocycles. The number of benzene rings is 2. The van der Waals surface area contributed by atoms with Gasteiger partial charge >= 0.3 is 6.03 Å². The first kappa shape index (κ1) is 15.8. The number of hydrogen-bond donors (Lipinski definition) is 1. The first-order valence-corrected chi connectivity index (χ1v) is 7.79. The minimum absolute atomic E-state index is 0.185. The summed E-state index contributed by atoms with van der Waals surface area (Å²) in [7, 11) is 0. The maximum atomic E-state index is 13.0. The number of urea groups is 1. The average molecular weight is 319 g/mol. The van der Waals surface area contributed by atoms with Crippen LogP contribution in [0.5, 0.6) is 0 Å². The van der Waals surface area contributed by atoms with Gasteiger partial charge in [-0.05, 0) is 29.7 Å². The van der Waals surface area contributed by atoms with Crippen molar-refractivity contribution in [2.24, 2.45) is 0 Å². The summed E-state index contributed by atoms with van der Waals surface area (Å²) in [5.74, 6) is -0.245. The molecule has 1 aliphatic heterocycles. The number of nitrogens with zero attached hydrogens (tertiary/aromatic N) is 2. The maximum absolute atomic E-state index is 13.0. The van der Waals surface area contributed by atoms with E-state index >= 15 is 0 Å². The van der Waals surface area contributed by atoms with Gasteiger partial charge in [-0.15, -0.1) is 0 Å². The Bertz CT molecular complexity index is 809. The predicted octanol–water partition coefficient (Wildman–Crippen LogP) is 2.92. The van der Waals surface area contributed by atoms with Crippen molar-refractivity contribution in [1.29, 1.82) is 5.26 Å². The van der Waals surface area contributed by atoms with E-state index in [1.165, 1.54) is 4.90 Å². The van der Waals surface area contributed by atoms with Crippen LogP contribution < -0.4 is 5.32 Å². The molecule has 2 aromatic rings. The SMILES string of the molecule is CC[C@]1(c2ccccc2)NC(=O)N(Cc2ccc(C#N)cc2)C1=O. The fourth-order valence-corrected chi connectivity index (χ4v) is 3.00. The van der Waals surface area contributed by atoms with Crippen molar-refractivity contribution in [3.05, 3.63) is 71.3 Å². The second-order valence-electron chi connectivity index (χ2n) is 5.76. The third-order valence-electron chi connectivity index (χ3n) is 4.40. The molecule has 1 atom stereocenters. The minimum Gasteiger partial charge on any atom is -0.319 e. The van der Waals surface area contributed by atoms with Gasteiger partial charge in [-0.1, -0.05) is 49.4 Å². The van der Waals surface area contributed by atoms with Crippen LogP contribution in [0.15, 0.2) is 54.6 Å². The van der Waals surface area contributed by atoms with Gasteiger partial charge in [0.15, 0.2) is 0 Å². The van der Waals surface area contributed by atoms with E-state index in [2.05, 4.69) is 5.32 Å². The number of hydrogen-bond acceptors (Lipinski definition) is 3. The third-order valence-corrected chi connectivity index (χ3v) is 4.40. The fraction of sp³-hybridized carbons (Fsp3) is 0.211. The molecule has 1 fully saturated rings. The fourth-order valence-electron chi connectivity index (χ4n) is 3.00. The molecule has 0 bridgehead atoms. The van der Waals surface area contributed by atoms with Crippen LogP contribution in [-0.2, 0) is 16.9 Å². The number of rotatable bonds is 4. The highest BCUT2D eigenvalue weighted by Gasteiger charge is 2.50. The second-order valence-corrected chi connectivity index (χ2v) is 5.76. The van der Waals surface area contributed by atoms with Gasteiger partial charge in [0.1, 0.15) is 5.54 Å². The first-order chi connectivity index (χ1) is 11.6. The molecule has 2 aromatic carbocycles. The molecule has 1 heterocycles. The van der Waals surface area contributed by atoms with Crippen LogP contribution in [0, 0.1) is 11.3 Å². The molecule has 5 nitrogen and oxygen atoms in total. The summed E-state index contributed by atoms with van der Waals surface area (Å²) in [5, 5.41) is 11.7. The monoisotopic (exact) mass is 319 g/mol. The largest absolute Gasteiger partial charge is 0.325 e. The highest BCUT2D eigenvalue weighted by molar-refractivity contribution is 6.07. The van der Waals surface area contributed by atoms with Gasteiger partial charge in [-0.25, -0.2) is 4.79 Å². The Labute approximate surface area is 140 Å². The number of imide groups is 1. The van der Waals surface area contributed by atoms with Crippen LogP contribution in [0.4, 0.5) is 4.79 Å². The van der Waals surface area contributed by atoms with E-state index in [1.54, 1.807) is 24.3 Å². The van der Waals surface area contributed by atoms with E-state index in [4.69, 9.17) is 5.26 Å². The Morgan fingerprint density at radius 3 is 2.33 bits per heavy atom. The number of nitriles is 1. The summed E-state index contributed by atoms with van der Waals surface area (Å²) in [6.45, 7) is 2.07. The van der Waals surface area contributed by atoms with E-state index in [-0.39, 0.29) is 12.5 Å². The highest BCUT2D eigenvalue weighted by Crippen LogP contribution is 2.33. The summed E-state index contributed by atoms with van der Waals surface area (Å²) >= 11 is 0. The molecular formula is C19H17N3O2. The molecule has 1 aliphatic rings. The van der Waals surface area contributed by atoms with Crippen LogP contribution in [-0.4, -0.2) is 16.8 Å². The van der Waals surface area contributed by atoms with Crippen molar-refractivity contribution in [3.8, 4) is 6.07 Å². The zero-order valence-corrected chi connectivity index (χ0v) is 13.3. The summed E-state index contributed by atoms with van der Waals surface area (Å²) in [5.41, 5.74) is 1.12. The third kappa shape index (κ3) is 2.52. The second kappa shape index (κ2) is 6.17.